The molecule has 0 aromatic heterocycles. The molecule has 1 aliphatic carbocycles. The molecule has 0 amide bonds. The Labute approximate surface area is 144 Å². The maximum absolute atomic E-state index is 10.6. The van der Waals surface area contributed by atoms with Crippen molar-refractivity contribution in [3.8, 4) is 0 Å². The van der Waals surface area contributed by atoms with Gasteiger partial charge in [-0.05, 0) is 61.1 Å². The fourth-order valence-electron chi connectivity index (χ4n) is 3.04. The summed E-state index contributed by atoms with van der Waals surface area (Å²) in [6.45, 7) is 8.61. The van der Waals surface area contributed by atoms with Crippen LogP contribution in [0.1, 0.15) is 75.2 Å². The molecule has 24 heavy (non-hydrogen) atoms. The molecule has 4 heteroatoms. The number of carboxylic acid groups (broad SMARTS) is 2. The predicted octanol–water partition coefficient (Wildman–Crippen LogP) is 5.04. The number of carbonyl (C=O) groups is 2. The average molecular weight is 334 g/mol. The molecule has 0 bridgehead atoms. The number of aliphatic carboxylic acids is 1. The van der Waals surface area contributed by atoms with Crippen LogP contribution in [0.4, 0.5) is 0 Å². The lowest BCUT2D eigenvalue weighted by molar-refractivity contribution is -0.143. The SMILES string of the molecule is CC(C)C1CCC(C(=O)O)CC1.CC(C)c1ccc(C(=O)O)cc1. The monoisotopic (exact) mass is 334 g/mol. The van der Waals surface area contributed by atoms with E-state index in [4.69, 9.17) is 10.2 Å². The van der Waals surface area contributed by atoms with Gasteiger partial charge in [0.1, 0.15) is 0 Å². The molecule has 4 nitrogen and oxygen atoms in total. The van der Waals surface area contributed by atoms with Crippen LogP contribution in [0.3, 0.4) is 0 Å². The molecular formula is C20H30O4. The minimum absolute atomic E-state index is 0.0556. The van der Waals surface area contributed by atoms with E-state index in [2.05, 4.69) is 27.7 Å². The third-order valence-electron chi connectivity index (χ3n) is 4.89. The van der Waals surface area contributed by atoms with Gasteiger partial charge in [-0.2, -0.15) is 0 Å². The Morgan fingerprint density at radius 1 is 0.917 bits per heavy atom. The van der Waals surface area contributed by atoms with E-state index in [1.165, 1.54) is 5.56 Å². The summed E-state index contributed by atoms with van der Waals surface area (Å²) in [6, 6.07) is 6.98. The van der Waals surface area contributed by atoms with E-state index in [0.717, 1.165) is 37.5 Å². The molecule has 0 aliphatic heterocycles. The quantitative estimate of drug-likeness (QED) is 0.808. The van der Waals surface area contributed by atoms with Gasteiger partial charge in [-0.15, -0.1) is 0 Å². The van der Waals surface area contributed by atoms with Crippen LogP contribution in [0, 0.1) is 17.8 Å². The molecule has 2 rings (SSSR count). The average Bonchev–Trinajstić information content (AvgIpc) is 2.55. The highest BCUT2D eigenvalue weighted by molar-refractivity contribution is 5.87. The molecule has 0 radical (unpaired) electrons. The minimum atomic E-state index is -0.870. The van der Waals surface area contributed by atoms with Crippen LogP contribution in [0.2, 0.25) is 0 Å². The van der Waals surface area contributed by atoms with Crippen LogP contribution in [-0.4, -0.2) is 22.2 Å². The normalized spacial score (nSPS) is 20.4. The van der Waals surface area contributed by atoms with E-state index in [0.29, 0.717) is 11.5 Å². The Morgan fingerprint density at radius 3 is 1.75 bits per heavy atom. The zero-order valence-electron chi connectivity index (χ0n) is 15.2. The van der Waals surface area contributed by atoms with Crippen LogP contribution in [0.5, 0.6) is 0 Å². The van der Waals surface area contributed by atoms with E-state index < -0.39 is 11.9 Å². The van der Waals surface area contributed by atoms with Crippen molar-refractivity contribution < 1.29 is 19.8 Å². The van der Waals surface area contributed by atoms with Crippen molar-refractivity contribution in [1.82, 2.24) is 0 Å². The lowest BCUT2D eigenvalue weighted by Gasteiger charge is -2.28. The van der Waals surface area contributed by atoms with E-state index in [1.807, 2.05) is 12.1 Å². The third kappa shape index (κ3) is 6.34. The van der Waals surface area contributed by atoms with Crippen molar-refractivity contribution in [1.29, 1.82) is 0 Å². The molecule has 1 aromatic rings. The van der Waals surface area contributed by atoms with Crippen LogP contribution in [0.15, 0.2) is 24.3 Å². The maximum atomic E-state index is 10.6. The molecule has 1 aromatic carbocycles. The highest BCUT2D eigenvalue weighted by atomic mass is 16.4. The number of benzene rings is 1. The number of aromatic carboxylic acids is 1. The summed E-state index contributed by atoms with van der Waals surface area (Å²) in [4.78, 5) is 21.1. The standard InChI is InChI=1S/C10H18O2.C10H12O2/c2*1-7(2)8-3-5-9(6-4-8)10(11)12/h7-9H,3-6H2,1-2H3,(H,11,12);3-7H,1-2H3,(H,11,12). The fraction of sp³-hybridized carbons (Fsp3) is 0.600. The Kier molecular flexibility index (Phi) is 7.96. The van der Waals surface area contributed by atoms with Crippen LogP contribution < -0.4 is 0 Å². The van der Waals surface area contributed by atoms with Gasteiger partial charge in [-0.1, -0.05) is 39.8 Å². The summed E-state index contributed by atoms with van der Waals surface area (Å²) in [5.41, 5.74) is 1.51. The lowest BCUT2D eigenvalue weighted by atomic mass is 9.77. The number of hydrogen-bond donors (Lipinski definition) is 2. The van der Waals surface area contributed by atoms with Crippen molar-refractivity contribution in [3.63, 3.8) is 0 Å². The summed E-state index contributed by atoms with van der Waals surface area (Å²) in [7, 11) is 0. The smallest absolute Gasteiger partial charge is 0.335 e. The van der Waals surface area contributed by atoms with Gasteiger partial charge in [0.2, 0.25) is 0 Å². The van der Waals surface area contributed by atoms with Gasteiger partial charge < -0.3 is 10.2 Å². The summed E-state index contributed by atoms with van der Waals surface area (Å²) < 4.78 is 0. The minimum Gasteiger partial charge on any atom is -0.481 e. The van der Waals surface area contributed by atoms with Crippen LogP contribution in [0.25, 0.3) is 0 Å². The van der Waals surface area contributed by atoms with Crippen LogP contribution in [-0.2, 0) is 4.79 Å². The molecule has 134 valence electrons. The van der Waals surface area contributed by atoms with Crippen molar-refractivity contribution >= 4 is 11.9 Å². The molecule has 0 heterocycles. The first kappa shape index (κ1) is 20.2. The van der Waals surface area contributed by atoms with Crippen molar-refractivity contribution in [2.45, 2.75) is 59.3 Å². The van der Waals surface area contributed by atoms with Crippen molar-refractivity contribution in [2.75, 3.05) is 0 Å². The van der Waals surface area contributed by atoms with Gasteiger partial charge in [0.05, 0.1) is 11.5 Å². The summed E-state index contributed by atoms with van der Waals surface area (Å²) >= 11 is 0. The molecular weight excluding hydrogens is 304 g/mol. The zero-order valence-corrected chi connectivity index (χ0v) is 15.2. The lowest BCUT2D eigenvalue weighted by Crippen LogP contribution is -2.23. The van der Waals surface area contributed by atoms with E-state index >= 15 is 0 Å². The molecule has 1 fully saturated rings. The summed E-state index contributed by atoms with van der Waals surface area (Å²) in [5, 5.41) is 17.4. The first-order chi connectivity index (χ1) is 11.2. The fourth-order valence-corrected chi connectivity index (χ4v) is 3.04. The van der Waals surface area contributed by atoms with E-state index in [-0.39, 0.29) is 5.92 Å². The number of hydrogen-bond acceptors (Lipinski definition) is 2. The second-order valence-electron chi connectivity index (χ2n) is 7.28. The maximum Gasteiger partial charge on any atom is 0.335 e. The Hall–Kier alpha value is -1.84. The second-order valence-corrected chi connectivity index (χ2v) is 7.28. The van der Waals surface area contributed by atoms with E-state index in [9.17, 15) is 9.59 Å². The third-order valence-corrected chi connectivity index (χ3v) is 4.89. The highest BCUT2D eigenvalue weighted by Gasteiger charge is 2.26. The molecule has 0 atom stereocenters. The van der Waals surface area contributed by atoms with Gasteiger partial charge in [-0.25, -0.2) is 4.79 Å². The highest BCUT2D eigenvalue weighted by Crippen LogP contribution is 2.33. The molecule has 0 spiro atoms. The largest absolute Gasteiger partial charge is 0.481 e. The summed E-state index contributed by atoms with van der Waals surface area (Å²) in [6.07, 6.45) is 3.99. The molecule has 1 aliphatic rings. The van der Waals surface area contributed by atoms with Gasteiger partial charge in [0, 0.05) is 0 Å². The number of carboxylic acids is 2. The van der Waals surface area contributed by atoms with Gasteiger partial charge >= 0.3 is 11.9 Å². The van der Waals surface area contributed by atoms with Crippen molar-refractivity contribution in [3.05, 3.63) is 35.4 Å². The van der Waals surface area contributed by atoms with Crippen LogP contribution >= 0.6 is 0 Å². The molecule has 0 saturated heterocycles. The Bertz CT molecular complexity index is 523. The first-order valence-corrected chi connectivity index (χ1v) is 8.78. The van der Waals surface area contributed by atoms with Crippen molar-refractivity contribution in [2.24, 2.45) is 17.8 Å². The van der Waals surface area contributed by atoms with Gasteiger partial charge in [0.25, 0.3) is 0 Å². The Morgan fingerprint density at radius 2 is 1.42 bits per heavy atom. The zero-order chi connectivity index (χ0) is 18.3. The topological polar surface area (TPSA) is 74.6 Å². The van der Waals surface area contributed by atoms with Gasteiger partial charge in [0.15, 0.2) is 0 Å². The first-order valence-electron chi connectivity index (χ1n) is 8.78. The van der Waals surface area contributed by atoms with E-state index in [1.54, 1.807) is 12.1 Å². The predicted molar refractivity (Wildman–Crippen MR) is 95.4 cm³/mol. The molecule has 0 unspecified atom stereocenters. The molecule has 1 saturated carbocycles. The second kappa shape index (κ2) is 9.45. The Balaban J connectivity index is 0.000000240. The molecule has 2 N–H and O–H groups in total. The van der Waals surface area contributed by atoms with Gasteiger partial charge in [-0.3, -0.25) is 4.79 Å². The summed E-state index contributed by atoms with van der Waals surface area (Å²) in [5.74, 6) is 0.413. The number of rotatable bonds is 4.